The van der Waals surface area contributed by atoms with Gasteiger partial charge in [-0.25, -0.2) is 0 Å². The van der Waals surface area contributed by atoms with E-state index in [0.717, 1.165) is 0 Å². The zero-order valence-corrected chi connectivity index (χ0v) is 5.13. The molecule has 0 radical (unpaired) electrons. The molecule has 5 heteroatoms. The van der Waals surface area contributed by atoms with Crippen molar-refractivity contribution in [1.82, 2.24) is 0 Å². The lowest BCUT2D eigenvalue weighted by Gasteiger charge is -2.01. The molecule has 1 unspecified atom stereocenters. The fourth-order valence-electron chi connectivity index (χ4n) is 0.332. The molecular weight excluding hydrogens is 121 g/mol. The van der Waals surface area contributed by atoms with Gasteiger partial charge in [0.2, 0.25) is 0 Å². The maximum atomic E-state index is 10.3. The van der Waals surface area contributed by atoms with E-state index in [9.17, 15) is 9.59 Å². The molecule has 50 valence electrons. The van der Waals surface area contributed by atoms with Gasteiger partial charge < -0.3 is 15.6 Å². The molecule has 1 atom stereocenters. The van der Waals surface area contributed by atoms with Crippen molar-refractivity contribution >= 4 is 19.5 Å². The molecule has 0 aromatic carbocycles. The van der Waals surface area contributed by atoms with Crippen LogP contribution in [0.4, 0.5) is 0 Å². The van der Waals surface area contributed by atoms with Crippen LogP contribution in [0.25, 0.3) is 0 Å². The standard InChI is InChI=1S/C4H8BNO3/c5-4(9)2(6)1-3(7)8/h2H,1,5-6H2,(H,7,8). The summed E-state index contributed by atoms with van der Waals surface area (Å²) in [5, 5.41) is 8.10. The minimum absolute atomic E-state index is 0.282. The first-order valence-corrected chi connectivity index (χ1v) is 2.52. The van der Waals surface area contributed by atoms with Gasteiger partial charge in [-0.2, -0.15) is 0 Å². The summed E-state index contributed by atoms with van der Waals surface area (Å²) >= 11 is 0. The molecule has 0 amide bonds. The Labute approximate surface area is 53.4 Å². The van der Waals surface area contributed by atoms with Crippen LogP contribution >= 0.6 is 0 Å². The molecule has 4 nitrogen and oxygen atoms in total. The van der Waals surface area contributed by atoms with Crippen molar-refractivity contribution in [2.75, 3.05) is 0 Å². The van der Waals surface area contributed by atoms with E-state index in [1.54, 1.807) is 0 Å². The van der Waals surface area contributed by atoms with Crippen LogP contribution in [0.2, 0.25) is 0 Å². The van der Waals surface area contributed by atoms with Gasteiger partial charge in [-0.05, 0) is 0 Å². The lowest BCUT2D eigenvalue weighted by molar-refractivity contribution is -0.138. The van der Waals surface area contributed by atoms with Crippen LogP contribution in [0.15, 0.2) is 0 Å². The highest BCUT2D eigenvalue weighted by Crippen LogP contribution is 1.85. The lowest BCUT2D eigenvalue weighted by Crippen LogP contribution is -2.32. The number of carboxylic acid groups (broad SMARTS) is 1. The Morgan fingerprint density at radius 2 is 2.11 bits per heavy atom. The molecule has 3 N–H and O–H groups in total. The van der Waals surface area contributed by atoms with E-state index < -0.39 is 12.0 Å². The Morgan fingerprint density at radius 1 is 1.67 bits per heavy atom. The van der Waals surface area contributed by atoms with E-state index in [-0.39, 0.29) is 12.1 Å². The largest absolute Gasteiger partial charge is 0.481 e. The summed E-state index contributed by atoms with van der Waals surface area (Å²) in [7, 11) is 1.27. The molecule has 0 bridgehead atoms. The van der Waals surface area contributed by atoms with Gasteiger partial charge in [0, 0.05) is 0 Å². The normalized spacial score (nSPS) is 12.6. The molecule has 0 aliphatic heterocycles. The maximum Gasteiger partial charge on any atom is 0.305 e. The minimum Gasteiger partial charge on any atom is -0.481 e. The first-order valence-electron chi connectivity index (χ1n) is 2.52. The van der Waals surface area contributed by atoms with Crippen LogP contribution in [0, 0.1) is 0 Å². The zero-order valence-electron chi connectivity index (χ0n) is 5.13. The van der Waals surface area contributed by atoms with Crippen LogP contribution < -0.4 is 5.73 Å². The van der Waals surface area contributed by atoms with Crippen LogP contribution in [-0.2, 0) is 9.59 Å². The molecule has 0 fully saturated rings. The average molecular weight is 129 g/mol. The predicted octanol–water partition coefficient (Wildman–Crippen LogP) is -2.05. The van der Waals surface area contributed by atoms with Gasteiger partial charge in [-0.1, -0.05) is 0 Å². The maximum absolute atomic E-state index is 10.3. The molecular formula is C4H8BNO3. The monoisotopic (exact) mass is 129 g/mol. The number of carboxylic acids is 1. The van der Waals surface area contributed by atoms with Crippen molar-refractivity contribution < 1.29 is 14.7 Å². The molecule has 0 aliphatic rings. The van der Waals surface area contributed by atoms with Crippen LogP contribution in [0.3, 0.4) is 0 Å². The van der Waals surface area contributed by atoms with Crippen molar-refractivity contribution in [2.45, 2.75) is 12.5 Å². The molecule has 0 spiro atoms. The van der Waals surface area contributed by atoms with Crippen LogP contribution in [0.1, 0.15) is 6.42 Å². The van der Waals surface area contributed by atoms with Gasteiger partial charge in [0.1, 0.15) is 5.68 Å². The van der Waals surface area contributed by atoms with Gasteiger partial charge in [-0.15, -0.1) is 0 Å². The lowest BCUT2D eigenvalue weighted by atomic mass is 9.94. The van der Waals surface area contributed by atoms with Crippen LogP contribution in [0.5, 0.6) is 0 Å². The van der Waals surface area contributed by atoms with Crippen molar-refractivity contribution in [1.29, 1.82) is 0 Å². The Hall–Kier alpha value is -0.835. The Bertz CT molecular complexity index is 136. The highest BCUT2D eigenvalue weighted by atomic mass is 16.4. The number of nitrogens with two attached hydrogens (primary N) is 1. The van der Waals surface area contributed by atoms with E-state index in [1.807, 2.05) is 0 Å². The van der Waals surface area contributed by atoms with E-state index in [0.29, 0.717) is 0 Å². The topological polar surface area (TPSA) is 80.4 Å². The van der Waals surface area contributed by atoms with E-state index >= 15 is 0 Å². The SMILES string of the molecule is BC(=O)C(N)CC(=O)O. The van der Waals surface area contributed by atoms with Gasteiger partial charge in [0.25, 0.3) is 0 Å². The zero-order chi connectivity index (χ0) is 7.44. The average Bonchev–Trinajstić information content (AvgIpc) is 1.63. The van der Waals surface area contributed by atoms with Gasteiger partial charge in [-0.3, -0.25) is 4.79 Å². The molecule has 0 aromatic rings. The number of hydrogen-bond acceptors (Lipinski definition) is 3. The number of aliphatic carboxylic acids is 1. The second-order valence-corrected chi connectivity index (χ2v) is 1.82. The van der Waals surface area contributed by atoms with E-state index in [2.05, 4.69) is 0 Å². The summed E-state index contributed by atoms with van der Waals surface area (Å²) in [5.41, 5.74) is 4.79. The first-order chi connectivity index (χ1) is 4.04. The van der Waals surface area contributed by atoms with Crippen LogP contribution in [-0.4, -0.2) is 30.6 Å². The molecule has 0 heterocycles. The third kappa shape index (κ3) is 3.72. The second kappa shape index (κ2) is 3.24. The second-order valence-electron chi connectivity index (χ2n) is 1.82. The van der Waals surface area contributed by atoms with Crippen molar-refractivity contribution in [3.05, 3.63) is 0 Å². The highest BCUT2D eigenvalue weighted by Gasteiger charge is 2.10. The Kier molecular flexibility index (Phi) is 2.94. The molecule has 0 saturated carbocycles. The predicted molar refractivity (Wildman–Crippen MR) is 33.8 cm³/mol. The first kappa shape index (κ1) is 8.16. The summed E-state index contributed by atoms with van der Waals surface area (Å²) in [6.07, 6.45) is -0.282. The van der Waals surface area contributed by atoms with Gasteiger partial charge in [0.05, 0.1) is 12.5 Å². The molecule has 0 aliphatic carbocycles. The number of carbonyl (C=O) groups excluding carboxylic acids is 1. The number of rotatable bonds is 3. The fraction of sp³-hybridized carbons (Fsp3) is 0.500. The Morgan fingerprint density at radius 3 is 2.22 bits per heavy atom. The fourth-order valence-corrected chi connectivity index (χ4v) is 0.332. The summed E-state index contributed by atoms with van der Waals surface area (Å²) in [6, 6.07) is -0.845. The summed E-state index contributed by atoms with van der Waals surface area (Å²) in [4.78, 5) is 20.2. The smallest absolute Gasteiger partial charge is 0.305 e. The molecule has 0 rings (SSSR count). The highest BCUT2D eigenvalue weighted by molar-refractivity contribution is 6.59. The summed E-state index contributed by atoms with van der Waals surface area (Å²) in [6.45, 7) is 0. The molecule has 9 heavy (non-hydrogen) atoms. The minimum atomic E-state index is -1.04. The third-order valence-electron chi connectivity index (χ3n) is 0.917. The van der Waals surface area contributed by atoms with E-state index in [4.69, 9.17) is 10.8 Å². The summed E-state index contributed by atoms with van der Waals surface area (Å²) < 4.78 is 0. The van der Waals surface area contributed by atoms with Gasteiger partial charge in [0.15, 0.2) is 7.85 Å². The quantitative estimate of drug-likeness (QED) is 0.429. The Balaban J connectivity index is 3.63. The van der Waals surface area contributed by atoms with Crippen molar-refractivity contribution in [3.8, 4) is 0 Å². The third-order valence-corrected chi connectivity index (χ3v) is 0.917. The molecule has 0 aromatic heterocycles. The number of hydrogen-bond donors (Lipinski definition) is 2. The van der Waals surface area contributed by atoms with Gasteiger partial charge >= 0.3 is 5.97 Å². The number of carbonyl (C=O) groups is 2. The summed E-state index contributed by atoms with van der Waals surface area (Å²) in [5.74, 6) is -1.04. The van der Waals surface area contributed by atoms with E-state index in [1.165, 1.54) is 7.85 Å². The van der Waals surface area contributed by atoms with Crippen molar-refractivity contribution in [2.24, 2.45) is 5.73 Å². The van der Waals surface area contributed by atoms with Crippen molar-refractivity contribution in [3.63, 3.8) is 0 Å². The molecule has 0 saturated heterocycles.